The molecule has 0 spiro atoms. The van der Waals surface area contributed by atoms with E-state index in [0.29, 0.717) is 0 Å². The van der Waals surface area contributed by atoms with Gasteiger partial charge in [-0.3, -0.25) is 10.1 Å². The van der Waals surface area contributed by atoms with Gasteiger partial charge in [-0.05, 0) is 29.4 Å². The molecule has 16 heavy (non-hydrogen) atoms. The zero-order chi connectivity index (χ0) is 11.3. The first-order valence-corrected chi connectivity index (χ1v) is 5.43. The molecule has 0 atom stereocenters. The maximum Gasteiger partial charge on any atom is 0.288 e. The van der Waals surface area contributed by atoms with E-state index in [2.05, 4.69) is 6.07 Å². The van der Waals surface area contributed by atoms with E-state index in [0.717, 1.165) is 29.2 Å². The summed E-state index contributed by atoms with van der Waals surface area (Å²) >= 11 is 6.07. The lowest BCUT2D eigenvalue weighted by Crippen LogP contribution is -1.92. The molecule has 1 aliphatic rings. The van der Waals surface area contributed by atoms with Gasteiger partial charge in [-0.25, -0.2) is 0 Å². The summed E-state index contributed by atoms with van der Waals surface area (Å²) in [6.07, 6.45) is 1.82. The van der Waals surface area contributed by atoms with Crippen LogP contribution in [0.1, 0.15) is 11.1 Å². The van der Waals surface area contributed by atoms with Gasteiger partial charge < -0.3 is 0 Å². The SMILES string of the molecule is O=[N+]([O-])c1cc2c3c(cccc3c1Cl)CC2. The quantitative estimate of drug-likeness (QED) is 0.559. The van der Waals surface area contributed by atoms with Crippen molar-refractivity contribution in [1.29, 1.82) is 0 Å². The molecule has 2 aromatic rings. The number of hydrogen-bond donors (Lipinski definition) is 0. The van der Waals surface area contributed by atoms with Crippen molar-refractivity contribution in [2.75, 3.05) is 0 Å². The van der Waals surface area contributed by atoms with Gasteiger partial charge in [-0.15, -0.1) is 0 Å². The molecule has 3 rings (SSSR count). The van der Waals surface area contributed by atoms with Crippen molar-refractivity contribution in [3.8, 4) is 0 Å². The van der Waals surface area contributed by atoms with E-state index in [1.54, 1.807) is 6.07 Å². The fourth-order valence-corrected chi connectivity index (χ4v) is 2.69. The molecule has 80 valence electrons. The van der Waals surface area contributed by atoms with E-state index in [1.165, 1.54) is 5.56 Å². The molecule has 0 aromatic heterocycles. The minimum Gasteiger partial charge on any atom is -0.258 e. The van der Waals surface area contributed by atoms with Crippen molar-refractivity contribution in [2.24, 2.45) is 0 Å². The Morgan fingerprint density at radius 3 is 2.75 bits per heavy atom. The second-order valence-corrected chi connectivity index (χ2v) is 4.34. The van der Waals surface area contributed by atoms with Crippen molar-refractivity contribution in [2.45, 2.75) is 12.8 Å². The highest BCUT2D eigenvalue weighted by molar-refractivity contribution is 6.38. The van der Waals surface area contributed by atoms with Gasteiger partial charge in [0.05, 0.1) is 4.92 Å². The normalized spacial score (nSPS) is 13.3. The first kappa shape index (κ1) is 9.60. The van der Waals surface area contributed by atoms with Crippen LogP contribution >= 0.6 is 11.6 Å². The number of nitro groups is 1. The molecule has 0 saturated carbocycles. The van der Waals surface area contributed by atoms with Gasteiger partial charge in [0, 0.05) is 11.5 Å². The third kappa shape index (κ3) is 1.15. The first-order valence-electron chi connectivity index (χ1n) is 5.06. The highest BCUT2D eigenvalue weighted by atomic mass is 35.5. The fraction of sp³-hybridized carbons (Fsp3) is 0.167. The predicted octanol–water partition coefficient (Wildman–Crippen LogP) is 3.50. The van der Waals surface area contributed by atoms with Gasteiger partial charge in [0.25, 0.3) is 5.69 Å². The van der Waals surface area contributed by atoms with Gasteiger partial charge >= 0.3 is 0 Å². The largest absolute Gasteiger partial charge is 0.288 e. The van der Waals surface area contributed by atoms with Crippen molar-refractivity contribution in [3.63, 3.8) is 0 Å². The van der Waals surface area contributed by atoms with E-state index in [9.17, 15) is 10.1 Å². The van der Waals surface area contributed by atoms with Crippen LogP contribution in [0.25, 0.3) is 10.8 Å². The lowest BCUT2D eigenvalue weighted by atomic mass is 10.0. The Labute approximate surface area is 96.8 Å². The molecule has 0 unspecified atom stereocenters. The van der Waals surface area contributed by atoms with Gasteiger partial charge in [0.1, 0.15) is 5.02 Å². The molecule has 4 heteroatoms. The molecule has 0 bridgehead atoms. The highest BCUT2D eigenvalue weighted by Crippen LogP contribution is 2.40. The number of rotatable bonds is 1. The minimum absolute atomic E-state index is 0.0169. The highest BCUT2D eigenvalue weighted by Gasteiger charge is 2.23. The summed E-state index contributed by atoms with van der Waals surface area (Å²) in [4.78, 5) is 10.5. The summed E-state index contributed by atoms with van der Waals surface area (Å²) in [5.74, 6) is 0. The van der Waals surface area contributed by atoms with E-state index in [1.807, 2.05) is 12.1 Å². The topological polar surface area (TPSA) is 43.1 Å². The molecule has 0 amide bonds. The number of hydrogen-bond acceptors (Lipinski definition) is 2. The lowest BCUT2D eigenvalue weighted by Gasteiger charge is -2.04. The minimum atomic E-state index is -0.413. The fourth-order valence-electron chi connectivity index (χ4n) is 2.41. The Balaban J connectivity index is 2.48. The van der Waals surface area contributed by atoms with Crippen molar-refractivity contribution < 1.29 is 4.92 Å². The third-order valence-electron chi connectivity index (χ3n) is 3.10. The van der Waals surface area contributed by atoms with Crippen LogP contribution in [0, 0.1) is 10.1 Å². The summed E-state index contributed by atoms with van der Waals surface area (Å²) in [6.45, 7) is 0. The van der Waals surface area contributed by atoms with Gasteiger partial charge in [0.2, 0.25) is 0 Å². The molecule has 0 radical (unpaired) electrons. The molecule has 3 nitrogen and oxygen atoms in total. The Bertz CT molecular complexity index is 622. The van der Waals surface area contributed by atoms with Crippen LogP contribution in [0.3, 0.4) is 0 Å². The Morgan fingerprint density at radius 2 is 2.00 bits per heavy atom. The van der Waals surface area contributed by atoms with Crippen LogP contribution in [0.5, 0.6) is 0 Å². The van der Waals surface area contributed by atoms with E-state index in [-0.39, 0.29) is 10.7 Å². The number of halogens is 1. The molecule has 0 aliphatic heterocycles. The van der Waals surface area contributed by atoms with Crippen LogP contribution in [0.15, 0.2) is 24.3 Å². The Morgan fingerprint density at radius 1 is 1.25 bits per heavy atom. The van der Waals surface area contributed by atoms with Crippen LogP contribution in [0.2, 0.25) is 5.02 Å². The maximum atomic E-state index is 10.9. The number of benzene rings is 2. The Hall–Kier alpha value is -1.61. The molecule has 0 heterocycles. The summed E-state index contributed by atoms with van der Waals surface area (Å²) in [5, 5.41) is 13.0. The van der Waals surface area contributed by atoms with Gasteiger partial charge in [-0.1, -0.05) is 29.8 Å². The molecule has 2 aromatic carbocycles. The monoisotopic (exact) mass is 233 g/mol. The molecule has 0 N–H and O–H groups in total. The molecule has 0 saturated heterocycles. The maximum absolute atomic E-state index is 10.9. The van der Waals surface area contributed by atoms with Crippen molar-refractivity contribution in [1.82, 2.24) is 0 Å². The summed E-state index contributed by atoms with van der Waals surface area (Å²) in [6, 6.07) is 7.42. The molecule has 1 aliphatic carbocycles. The number of nitro benzene ring substituents is 1. The Kier molecular flexibility index (Phi) is 1.91. The van der Waals surface area contributed by atoms with Crippen molar-refractivity contribution >= 4 is 28.1 Å². The summed E-state index contributed by atoms with van der Waals surface area (Å²) in [7, 11) is 0. The second-order valence-electron chi connectivity index (χ2n) is 3.97. The van der Waals surface area contributed by atoms with Crippen LogP contribution in [0.4, 0.5) is 5.69 Å². The third-order valence-corrected chi connectivity index (χ3v) is 3.50. The molecular weight excluding hydrogens is 226 g/mol. The zero-order valence-electron chi connectivity index (χ0n) is 8.37. The van der Waals surface area contributed by atoms with E-state index < -0.39 is 4.92 Å². The van der Waals surface area contributed by atoms with Crippen molar-refractivity contribution in [3.05, 3.63) is 50.5 Å². The van der Waals surface area contributed by atoms with Crippen LogP contribution in [-0.2, 0) is 12.8 Å². The van der Waals surface area contributed by atoms with Crippen LogP contribution < -0.4 is 0 Å². The predicted molar refractivity (Wildman–Crippen MR) is 63.0 cm³/mol. The second kappa shape index (κ2) is 3.19. The lowest BCUT2D eigenvalue weighted by molar-refractivity contribution is -0.384. The molecule has 0 fully saturated rings. The summed E-state index contributed by atoms with van der Waals surface area (Å²) < 4.78 is 0. The van der Waals surface area contributed by atoms with Gasteiger partial charge in [0.15, 0.2) is 0 Å². The average Bonchev–Trinajstić information content (AvgIpc) is 2.67. The number of nitrogens with zero attached hydrogens (tertiary/aromatic N) is 1. The van der Waals surface area contributed by atoms with Crippen LogP contribution in [-0.4, -0.2) is 4.92 Å². The molecular formula is C12H8ClNO2. The average molecular weight is 234 g/mol. The van der Waals surface area contributed by atoms with Gasteiger partial charge in [-0.2, -0.15) is 0 Å². The van der Waals surface area contributed by atoms with E-state index >= 15 is 0 Å². The standard InChI is InChI=1S/C12H8ClNO2/c13-12-9-3-1-2-7-4-5-8(11(7)9)6-10(12)14(15)16/h1-3,6H,4-5H2. The van der Waals surface area contributed by atoms with E-state index in [4.69, 9.17) is 11.6 Å². The smallest absolute Gasteiger partial charge is 0.258 e. The summed E-state index contributed by atoms with van der Waals surface area (Å²) in [5.41, 5.74) is 2.30. The number of aryl methyl sites for hydroxylation is 2. The first-order chi connectivity index (χ1) is 7.68. The zero-order valence-corrected chi connectivity index (χ0v) is 9.12.